The standard InChI is InChI=1S/C12H14ClN3S/c1-8(14-2)12-16-15-11(17-12)7-9-4-3-5-10(13)6-9/h3-6,8,14H,7H2,1-2H3. The summed E-state index contributed by atoms with van der Waals surface area (Å²) in [6.07, 6.45) is 0.786. The topological polar surface area (TPSA) is 37.8 Å². The summed E-state index contributed by atoms with van der Waals surface area (Å²) < 4.78 is 0. The Morgan fingerprint density at radius 3 is 2.94 bits per heavy atom. The van der Waals surface area contributed by atoms with E-state index in [1.807, 2.05) is 25.2 Å². The normalized spacial score (nSPS) is 12.6. The zero-order valence-corrected chi connectivity index (χ0v) is 11.3. The molecule has 1 atom stereocenters. The van der Waals surface area contributed by atoms with Gasteiger partial charge < -0.3 is 5.32 Å². The number of halogens is 1. The van der Waals surface area contributed by atoms with Gasteiger partial charge in [0.2, 0.25) is 0 Å². The van der Waals surface area contributed by atoms with Gasteiger partial charge in [-0.2, -0.15) is 0 Å². The van der Waals surface area contributed by atoms with Gasteiger partial charge in [0.15, 0.2) is 0 Å². The second kappa shape index (κ2) is 5.58. The highest BCUT2D eigenvalue weighted by molar-refractivity contribution is 7.11. The maximum absolute atomic E-state index is 5.95. The van der Waals surface area contributed by atoms with Gasteiger partial charge in [0, 0.05) is 11.4 Å². The van der Waals surface area contributed by atoms with Gasteiger partial charge in [0.05, 0.1) is 6.04 Å². The molecule has 0 aliphatic rings. The van der Waals surface area contributed by atoms with Crippen LogP contribution in [0.5, 0.6) is 0 Å². The van der Waals surface area contributed by atoms with E-state index in [0.717, 1.165) is 27.0 Å². The lowest BCUT2D eigenvalue weighted by Gasteiger charge is -2.03. The molecular formula is C12H14ClN3S. The van der Waals surface area contributed by atoms with Crippen LogP contribution in [0.25, 0.3) is 0 Å². The number of hydrogen-bond donors (Lipinski definition) is 1. The molecule has 0 saturated carbocycles. The third-order valence-corrected chi connectivity index (χ3v) is 3.87. The summed E-state index contributed by atoms with van der Waals surface area (Å²) in [5.41, 5.74) is 1.16. The molecule has 0 radical (unpaired) electrons. The van der Waals surface area contributed by atoms with Gasteiger partial charge in [0.25, 0.3) is 0 Å². The van der Waals surface area contributed by atoms with Crippen molar-refractivity contribution in [1.29, 1.82) is 0 Å². The molecule has 0 fully saturated rings. The first kappa shape index (κ1) is 12.5. The monoisotopic (exact) mass is 267 g/mol. The Labute approximate surface area is 110 Å². The van der Waals surface area contributed by atoms with Gasteiger partial charge in [-0.25, -0.2) is 0 Å². The number of hydrogen-bond acceptors (Lipinski definition) is 4. The Morgan fingerprint density at radius 1 is 1.41 bits per heavy atom. The smallest absolute Gasteiger partial charge is 0.134 e. The van der Waals surface area contributed by atoms with Crippen LogP contribution in [-0.2, 0) is 6.42 Å². The Hall–Kier alpha value is -0.970. The molecule has 1 aromatic heterocycles. The lowest BCUT2D eigenvalue weighted by atomic mass is 10.2. The van der Waals surface area contributed by atoms with Crippen molar-refractivity contribution in [3.8, 4) is 0 Å². The minimum atomic E-state index is 0.251. The van der Waals surface area contributed by atoms with Crippen LogP contribution in [0.1, 0.15) is 28.5 Å². The Morgan fingerprint density at radius 2 is 2.24 bits per heavy atom. The number of nitrogens with one attached hydrogen (secondary N) is 1. The molecule has 0 saturated heterocycles. The van der Waals surface area contributed by atoms with Crippen molar-refractivity contribution in [2.75, 3.05) is 7.05 Å². The van der Waals surface area contributed by atoms with Crippen LogP contribution < -0.4 is 5.32 Å². The molecular weight excluding hydrogens is 254 g/mol. The molecule has 1 N–H and O–H groups in total. The van der Waals surface area contributed by atoms with E-state index in [1.54, 1.807) is 11.3 Å². The second-order valence-corrected chi connectivity index (χ2v) is 5.38. The maximum atomic E-state index is 5.95. The average Bonchev–Trinajstić information content (AvgIpc) is 2.76. The van der Waals surface area contributed by atoms with Crippen molar-refractivity contribution in [3.05, 3.63) is 44.9 Å². The largest absolute Gasteiger partial charge is 0.311 e. The van der Waals surface area contributed by atoms with Crippen molar-refractivity contribution in [1.82, 2.24) is 15.5 Å². The number of benzene rings is 1. The highest BCUT2D eigenvalue weighted by Gasteiger charge is 2.10. The molecule has 0 aliphatic carbocycles. The molecule has 1 aromatic carbocycles. The van der Waals surface area contributed by atoms with Crippen molar-refractivity contribution >= 4 is 22.9 Å². The van der Waals surface area contributed by atoms with E-state index in [1.165, 1.54) is 0 Å². The number of rotatable bonds is 4. The molecule has 1 heterocycles. The van der Waals surface area contributed by atoms with Crippen LogP contribution in [0, 0.1) is 0 Å². The van der Waals surface area contributed by atoms with Crippen LogP contribution in [-0.4, -0.2) is 17.2 Å². The Bertz CT molecular complexity index is 498. The summed E-state index contributed by atoms with van der Waals surface area (Å²) >= 11 is 7.58. The van der Waals surface area contributed by atoms with Crippen LogP contribution in [0.15, 0.2) is 24.3 Å². The molecule has 0 spiro atoms. The van der Waals surface area contributed by atoms with Crippen LogP contribution in [0.2, 0.25) is 5.02 Å². The molecule has 5 heteroatoms. The van der Waals surface area contributed by atoms with E-state index >= 15 is 0 Å². The first-order valence-electron chi connectivity index (χ1n) is 5.43. The van der Waals surface area contributed by atoms with Crippen molar-refractivity contribution in [2.45, 2.75) is 19.4 Å². The maximum Gasteiger partial charge on any atom is 0.134 e. The molecule has 0 amide bonds. The minimum Gasteiger partial charge on any atom is -0.311 e. The van der Waals surface area contributed by atoms with E-state index in [-0.39, 0.29) is 6.04 Å². The van der Waals surface area contributed by atoms with Crippen LogP contribution in [0.4, 0.5) is 0 Å². The fourth-order valence-electron chi connectivity index (χ4n) is 1.46. The van der Waals surface area contributed by atoms with Gasteiger partial charge >= 0.3 is 0 Å². The lowest BCUT2D eigenvalue weighted by molar-refractivity contribution is 0.639. The van der Waals surface area contributed by atoms with E-state index in [2.05, 4.69) is 28.5 Å². The summed E-state index contributed by atoms with van der Waals surface area (Å²) in [5.74, 6) is 0. The molecule has 2 rings (SSSR count). The average molecular weight is 268 g/mol. The first-order chi connectivity index (χ1) is 8.19. The molecule has 0 aliphatic heterocycles. The van der Waals surface area contributed by atoms with Gasteiger partial charge in [-0.15, -0.1) is 10.2 Å². The summed E-state index contributed by atoms with van der Waals surface area (Å²) in [6, 6.07) is 8.09. The fraction of sp³-hybridized carbons (Fsp3) is 0.333. The number of nitrogens with zero attached hydrogens (tertiary/aromatic N) is 2. The highest BCUT2D eigenvalue weighted by atomic mass is 35.5. The van der Waals surface area contributed by atoms with Crippen LogP contribution in [0.3, 0.4) is 0 Å². The first-order valence-corrected chi connectivity index (χ1v) is 6.62. The van der Waals surface area contributed by atoms with Crippen molar-refractivity contribution in [3.63, 3.8) is 0 Å². The van der Waals surface area contributed by atoms with Gasteiger partial charge in [-0.3, -0.25) is 0 Å². The molecule has 3 nitrogen and oxygen atoms in total. The zero-order valence-electron chi connectivity index (χ0n) is 9.77. The summed E-state index contributed by atoms with van der Waals surface area (Å²) in [4.78, 5) is 0. The summed E-state index contributed by atoms with van der Waals surface area (Å²) in [6.45, 7) is 2.07. The predicted molar refractivity (Wildman–Crippen MR) is 71.6 cm³/mol. The van der Waals surface area contributed by atoms with Gasteiger partial charge in [-0.1, -0.05) is 35.1 Å². The lowest BCUT2D eigenvalue weighted by Crippen LogP contribution is -2.11. The summed E-state index contributed by atoms with van der Waals surface area (Å²) in [7, 11) is 1.92. The zero-order chi connectivity index (χ0) is 12.3. The summed E-state index contributed by atoms with van der Waals surface area (Å²) in [5, 5.41) is 14.3. The molecule has 17 heavy (non-hydrogen) atoms. The van der Waals surface area contributed by atoms with Gasteiger partial charge in [-0.05, 0) is 31.7 Å². The van der Waals surface area contributed by atoms with E-state index in [0.29, 0.717) is 0 Å². The molecule has 1 unspecified atom stereocenters. The van der Waals surface area contributed by atoms with E-state index in [4.69, 9.17) is 11.6 Å². The third kappa shape index (κ3) is 3.25. The quantitative estimate of drug-likeness (QED) is 0.925. The molecule has 90 valence electrons. The molecule has 2 aromatic rings. The molecule has 0 bridgehead atoms. The fourth-order valence-corrected chi connectivity index (χ4v) is 2.61. The van der Waals surface area contributed by atoms with Gasteiger partial charge in [0.1, 0.15) is 10.0 Å². The van der Waals surface area contributed by atoms with Crippen molar-refractivity contribution in [2.24, 2.45) is 0 Å². The SMILES string of the molecule is CNC(C)c1nnc(Cc2cccc(Cl)c2)s1. The predicted octanol–water partition coefficient (Wildman–Crippen LogP) is 3.06. The van der Waals surface area contributed by atoms with Crippen molar-refractivity contribution < 1.29 is 0 Å². The van der Waals surface area contributed by atoms with E-state index < -0.39 is 0 Å². The third-order valence-electron chi connectivity index (χ3n) is 2.53. The Balaban J connectivity index is 2.11. The second-order valence-electron chi connectivity index (χ2n) is 3.85. The van der Waals surface area contributed by atoms with Crippen LogP contribution >= 0.6 is 22.9 Å². The highest BCUT2D eigenvalue weighted by Crippen LogP contribution is 2.20. The Kier molecular flexibility index (Phi) is 4.10. The van der Waals surface area contributed by atoms with E-state index in [9.17, 15) is 0 Å². The minimum absolute atomic E-state index is 0.251. The number of aromatic nitrogens is 2.